The molecule has 0 aromatic heterocycles. The van der Waals surface area contributed by atoms with Crippen LogP contribution in [0.2, 0.25) is 5.04 Å². The number of rotatable bonds is 9. The molecule has 0 radical (unpaired) electrons. The van der Waals surface area contributed by atoms with Gasteiger partial charge in [0.25, 0.3) is 8.32 Å². The Hall–Kier alpha value is -1.40. The van der Waals surface area contributed by atoms with Crippen molar-refractivity contribution in [2.75, 3.05) is 0 Å². The molecule has 3 nitrogen and oxygen atoms in total. The van der Waals surface area contributed by atoms with Crippen molar-refractivity contribution in [1.82, 2.24) is 0 Å². The van der Waals surface area contributed by atoms with E-state index in [1.807, 2.05) is 64.1 Å². The van der Waals surface area contributed by atoms with E-state index >= 15 is 0 Å². The number of hydrogen-bond acceptors (Lipinski definition) is 3. The lowest BCUT2D eigenvalue weighted by Gasteiger charge is -2.41. The first-order valence-electron chi connectivity index (χ1n) is 10.8. The molecule has 2 aromatic carbocycles. The van der Waals surface area contributed by atoms with E-state index in [-0.39, 0.29) is 9.79 Å². The topological polar surface area (TPSA) is 55.7 Å². The van der Waals surface area contributed by atoms with E-state index in [9.17, 15) is 9.35 Å². The standard InChI is InChI=1S/C25H37NO2SSi/c1-21(26-29(27)24(2,3)4)15-13-14-20-25(5,6)30(28,22-16-9-7-10-17-22)23-18-11-8-12-19-23/h7-12,16-19,28H,13-15,20H2,1-6H3/b26-21+. The fraction of sp³-hybridized carbons (Fsp3) is 0.480. The van der Waals surface area contributed by atoms with Crippen molar-refractivity contribution in [1.29, 1.82) is 0 Å². The van der Waals surface area contributed by atoms with Gasteiger partial charge in [-0.2, -0.15) is 0 Å². The van der Waals surface area contributed by atoms with Crippen LogP contribution in [-0.2, 0) is 11.4 Å². The van der Waals surface area contributed by atoms with Crippen LogP contribution in [0, 0.1) is 0 Å². The quantitative estimate of drug-likeness (QED) is 0.256. The van der Waals surface area contributed by atoms with E-state index in [4.69, 9.17) is 0 Å². The Morgan fingerprint density at radius 1 is 0.900 bits per heavy atom. The summed E-state index contributed by atoms with van der Waals surface area (Å²) >= 11 is -1.20. The summed E-state index contributed by atoms with van der Waals surface area (Å²) in [6.45, 7) is 12.2. The molecule has 1 atom stereocenters. The predicted octanol–water partition coefficient (Wildman–Crippen LogP) is 5.00. The maximum Gasteiger partial charge on any atom is 0.258 e. The van der Waals surface area contributed by atoms with Crippen molar-refractivity contribution in [3.63, 3.8) is 0 Å². The van der Waals surface area contributed by atoms with Crippen LogP contribution in [0.5, 0.6) is 0 Å². The van der Waals surface area contributed by atoms with Gasteiger partial charge in [0.15, 0.2) is 0 Å². The molecule has 0 saturated heterocycles. The van der Waals surface area contributed by atoms with Gasteiger partial charge in [0.1, 0.15) is 16.1 Å². The number of nitrogens with zero attached hydrogens (tertiary/aromatic N) is 1. The molecule has 5 heteroatoms. The SMILES string of the molecule is C/C(CCCCC(C)(C)[Si](O)(c1ccccc1)c1ccccc1)=N\[S+]([O-])C(C)(C)C. The Morgan fingerprint density at radius 2 is 1.37 bits per heavy atom. The van der Waals surface area contributed by atoms with E-state index in [1.54, 1.807) is 0 Å². The Balaban J connectivity index is 2.12. The zero-order chi connectivity index (χ0) is 22.4. The summed E-state index contributed by atoms with van der Waals surface area (Å²) in [5.74, 6) is 0. The van der Waals surface area contributed by atoms with Crippen molar-refractivity contribution >= 4 is 35.8 Å². The fourth-order valence-corrected chi connectivity index (χ4v) is 8.19. The van der Waals surface area contributed by atoms with Crippen molar-refractivity contribution in [3.05, 3.63) is 60.7 Å². The number of benzene rings is 2. The second kappa shape index (κ2) is 10.3. The molecule has 0 aliphatic rings. The molecule has 0 bridgehead atoms. The van der Waals surface area contributed by atoms with Gasteiger partial charge in [-0.3, -0.25) is 0 Å². The fourth-order valence-electron chi connectivity index (χ4n) is 3.76. The third kappa shape index (κ3) is 6.07. The first-order chi connectivity index (χ1) is 14.0. The normalized spacial score (nSPS) is 14.6. The Labute approximate surface area is 187 Å². The molecule has 0 saturated carbocycles. The first-order valence-corrected chi connectivity index (χ1v) is 13.8. The minimum absolute atomic E-state index is 0.227. The predicted molar refractivity (Wildman–Crippen MR) is 134 cm³/mol. The van der Waals surface area contributed by atoms with Gasteiger partial charge in [-0.15, -0.1) is 0 Å². The second-order valence-electron chi connectivity index (χ2n) is 9.72. The van der Waals surface area contributed by atoms with Crippen LogP contribution < -0.4 is 10.4 Å². The maximum absolute atomic E-state index is 12.2. The number of unbranched alkanes of at least 4 members (excludes halogenated alkanes) is 1. The van der Waals surface area contributed by atoms with Crippen LogP contribution >= 0.6 is 0 Å². The van der Waals surface area contributed by atoms with Crippen molar-refractivity contribution in [3.8, 4) is 0 Å². The van der Waals surface area contributed by atoms with E-state index in [0.717, 1.165) is 41.8 Å². The molecule has 0 aliphatic heterocycles. The second-order valence-corrected chi connectivity index (χ2v) is 15.6. The van der Waals surface area contributed by atoms with Crippen LogP contribution in [0.1, 0.15) is 67.2 Å². The molecule has 0 amide bonds. The molecular formula is C25H37NO2SSi. The lowest BCUT2D eigenvalue weighted by atomic mass is 10.0. The third-order valence-corrected chi connectivity index (χ3v) is 11.8. The highest BCUT2D eigenvalue weighted by Crippen LogP contribution is 2.40. The molecule has 0 fully saturated rings. The summed E-state index contributed by atoms with van der Waals surface area (Å²) in [4.78, 5) is 12.2. The summed E-state index contributed by atoms with van der Waals surface area (Å²) in [5, 5.41) is 1.88. The average Bonchev–Trinajstić information content (AvgIpc) is 2.71. The van der Waals surface area contributed by atoms with Gasteiger partial charge in [0.2, 0.25) is 0 Å². The van der Waals surface area contributed by atoms with Crippen LogP contribution in [0.4, 0.5) is 0 Å². The summed E-state index contributed by atoms with van der Waals surface area (Å²) in [5.41, 5.74) is 0.944. The lowest BCUT2D eigenvalue weighted by molar-refractivity contribution is 0.453. The van der Waals surface area contributed by atoms with Crippen LogP contribution in [0.3, 0.4) is 0 Å². The van der Waals surface area contributed by atoms with Gasteiger partial charge < -0.3 is 9.35 Å². The summed E-state index contributed by atoms with van der Waals surface area (Å²) in [7, 11) is -2.94. The number of hydrogen-bond donors (Lipinski definition) is 1. The van der Waals surface area contributed by atoms with Crippen molar-refractivity contribution < 1.29 is 9.35 Å². The first kappa shape index (κ1) is 24.9. The maximum atomic E-state index is 12.2. The molecule has 2 aromatic rings. The highest BCUT2D eigenvalue weighted by molar-refractivity contribution is 7.91. The van der Waals surface area contributed by atoms with Crippen LogP contribution in [-0.4, -0.2) is 28.1 Å². The molecule has 1 unspecified atom stereocenters. The van der Waals surface area contributed by atoms with Crippen LogP contribution in [0.15, 0.2) is 65.1 Å². The highest BCUT2D eigenvalue weighted by atomic mass is 32.2. The zero-order valence-electron chi connectivity index (χ0n) is 19.3. The van der Waals surface area contributed by atoms with Gasteiger partial charge in [-0.25, -0.2) is 0 Å². The molecule has 1 N–H and O–H groups in total. The molecule has 2 rings (SSSR count). The molecule has 0 heterocycles. The van der Waals surface area contributed by atoms with E-state index < -0.39 is 19.7 Å². The smallest absolute Gasteiger partial charge is 0.258 e. The van der Waals surface area contributed by atoms with Gasteiger partial charge in [0.05, 0.1) is 5.71 Å². The lowest BCUT2D eigenvalue weighted by Crippen LogP contribution is -2.65. The zero-order valence-corrected chi connectivity index (χ0v) is 21.1. The molecule has 0 aliphatic carbocycles. The Kier molecular flexibility index (Phi) is 8.51. The monoisotopic (exact) mass is 443 g/mol. The summed E-state index contributed by atoms with van der Waals surface area (Å²) in [6, 6.07) is 20.3. The van der Waals surface area contributed by atoms with E-state index in [0.29, 0.717) is 0 Å². The minimum atomic E-state index is -2.94. The van der Waals surface area contributed by atoms with Gasteiger partial charge >= 0.3 is 0 Å². The van der Waals surface area contributed by atoms with Gasteiger partial charge in [-0.1, -0.05) is 85.3 Å². The van der Waals surface area contributed by atoms with E-state index in [2.05, 4.69) is 42.5 Å². The Bertz CT molecular complexity index is 777. The average molecular weight is 444 g/mol. The molecule has 0 spiro atoms. The van der Waals surface area contributed by atoms with Crippen molar-refractivity contribution in [2.45, 2.75) is 77.0 Å². The van der Waals surface area contributed by atoms with Gasteiger partial charge in [-0.05, 0) is 62.4 Å². The Morgan fingerprint density at radius 3 is 1.80 bits per heavy atom. The third-order valence-electron chi connectivity index (χ3n) is 5.72. The molecule has 30 heavy (non-hydrogen) atoms. The van der Waals surface area contributed by atoms with E-state index in [1.165, 1.54) is 0 Å². The summed E-state index contributed by atoms with van der Waals surface area (Å²) in [6.07, 6.45) is 3.74. The highest BCUT2D eigenvalue weighted by Gasteiger charge is 2.49. The minimum Gasteiger partial charge on any atom is -0.591 e. The van der Waals surface area contributed by atoms with Crippen molar-refractivity contribution in [2.24, 2.45) is 4.40 Å². The molecular weight excluding hydrogens is 406 g/mol. The van der Waals surface area contributed by atoms with Gasteiger partial charge in [0, 0.05) is 0 Å². The summed E-state index contributed by atoms with van der Waals surface area (Å²) < 4.78 is 16.3. The van der Waals surface area contributed by atoms with Crippen LogP contribution in [0.25, 0.3) is 0 Å². The largest absolute Gasteiger partial charge is 0.591 e. The molecule has 164 valence electrons.